The van der Waals surface area contributed by atoms with Crippen LogP contribution in [0.2, 0.25) is 0 Å². The SMILES string of the molecule is [2H]c1c([2H])c([2H])c2c(c1[2H])c1c([2H])c([2H])c([2H])c([2H])c1n2-c1ccc2c(c1)Oc1cc(C(C)(C)C)cc3c1B2c1ccc(-n2c4c([2H])c([2H])c([2H])c([2H])c4c4c([2H])c([2H])c([2H])c([2H])c42)cc1N3c1c(-c2ccc3c(c2)C2(c4ccccc4O3)c3ccccc3-c3ccccc32)cccc1-c1ccc2c(c1)C1(c3ccccc3O2)c2ccccc2-c2ccccc21. The Hall–Kier alpha value is -13.6. The van der Waals surface area contributed by atoms with Gasteiger partial charge in [-0.2, -0.15) is 0 Å². The third-order valence-electron chi connectivity index (χ3n) is 23.8. The standard InChI is InChI=1S/C102H66BN3O3/c1-100(2,3)63-57-91-98-97(58-63)109-96-60-65(105-88-43-20-10-31-74(88)75-32-11-21-44-89(75)105)50-52-85(96)103(98)84-51-49-64(104-86-41-18-8-29-72(86)73-30-9-19-42-87(73)104)59-90(84)106(91)99-66(61-47-53-94-82(55-61)101(80-39-16-22-45-92(80)107-94)76-35-12-4-25-68(76)69-26-5-13-36-77(69)101)33-24-34-67(99)62-48-54-95-83(56-62)102(81-40-17-23-46-93(81)108-95)78-37-14-6-27-70(78)71-28-7-15-38-79(71)102/h4-60H,1-3H3/i8D,9D,10D,11D,18D,19D,20D,21D,29D,30D,31D,32D,41D,42D,43D,44D. The van der Waals surface area contributed by atoms with Crippen LogP contribution in [0, 0.1) is 0 Å². The molecule has 24 rings (SSSR count). The highest BCUT2D eigenvalue weighted by atomic mass is 16.5. The average Bonchev–Trinajstić information content (AvgIpc) is 1.60. The number of anilines is 3. The molecule has 109 heavy (non-hydrogen) atoms. The number of para-hydroxylation sites is 7. The molecule has 2 spiro atoms. The van der Waals surface area contributed by atoms with Gasteiger partial charge in [0.05, 0.1) is 60.5 Å². The van der Waals surface area contributed by atoms with Crippen molar-refractivity contribution >= 4 is 83.8 Å². The van der Waals surface area contributed by atoms with Crippen molar-refractivity contribution in [2.45, 2.75) is 37.0 Å². The summed E-state index contributed by atoms with van der Waals surface area (Å²) in [6.45, 7) is 5.58. The monoisotopic (exact) mass is 1410 g/mol. The Morgan fingerprint density at radius 3 is 1.16 bits per heavy atom. The maximum atomic E-state index is 9.95. The molecule has 0 atom stereocenters. The Morgan fingerprint density at radius 2 is 0.697 bits per heavy atom. The number of fused-ring (bicyclic) bond motifs is 28. The second kappa shape index (κ2) is 22.0. The van der Waals surface area contributed by atoms with E-state index in [0.29, 0.717) is 51.0 Å². The topological polar surface area (TPSA) is 40.8 Å². The van der Waals surface area contributed by atoms with Gasteiger partial charge >= 0.3 is 0 Å². The quantitative estimate of drug-likeness (QED) is 0.161. The lowest BCUT2D eigenvalue weighted by Crippen LogP contribution is -2.59. The molecular weight excluding hydrogens is 1330 g/mol. The summed E-state index contributed by atoms with van der Waals surface area (Å²) in [5.41, 5.74) is 18.0. The third kappa shape index (κ3) is 8.05. The van der Waals surface area contributed by atoms with Crippen LogP contribution in [0.4, 0.5) is 17.1 Å². The number of hydrogen-bond acceptors (Lipinski definition) is 4. The highest BCUT2D eigenvalue weighted by Crippen LogP contribution is 2.65. The molecular formula is C102H66BN3O3. The molecule has 2 aromatic heterocycles. The van der Waals surface area contributed by atoms with Gasteiger partial charge in [0, 0.05) is 83.7 Å². The first-order chi connectivity index (χ1) is 60.3. The van der Waals surface area contributed by atoms with Crippen molar-refractivity contribution in [1.82, 2.24) is 9.13 Å². The van der Waals surface area contributed by atoms with Gasteiger partial charge in [-0.3, -0.25) is 0 Å². The van der Waals surface area contributed by atoms with Gasteiger partial charge < -0.3 is 28.2 Å². The summed E-state index contributed by atoms with van der Waals surface area (Å²) in [7, 11) is 0. The van der Waals surface area contributed by atoms with Crippen LogP contribution in [0.5, 0.6) is 34.5 Å². The van der Waals surface area contributed by atoms with Gasteiger partial charge in [-0.25, -0.2) is 0 Å². The van der Waals surface area contributed by atoms with E-state index >= 15 is 0 Å². The van der Waals surface area contributed by atoms with Crippen molar-refractivity contribution < 1.29 is 36.1 Å². The van der Waals surface area contributed by atoms with Crippen LogP contribution in [0.25, 0.3) is 99.5 Å². The summed E-state index contributed by atoms with van der Waals surface area (Å²) in [5.74, 6) is 3.50. The summed E-state index contributed by atoms with van der Waals surface area (Å²) >= 11 is 0. The molecule has 6 heterocycles. The highest BCUT2D eigenvalue weighted by molar-refractivity contribution is 6.99. The van der Waals surface area contributed by atoms with Crippen LogP contribution < -0.4 is 35.5 Å². The maximum Gasteiger partial charge on any atom is 0.256 e. The van der Waals surface area contributed by atoms with E-state index in [4.69, 9.17) is 22.4 Å². The molecule has 0 amide bonds. The van der Waals surface area contributed by atoms with Crippen molar-refractivity contribution in [2.75, 3.05) is 4.90 Å². The van der Waals surface area contributed by atoms with E-state index in [9.17, 15) is 13.7 Å². The van der Waals surface area contributed by atoms with E-state index in [2.05, 4.69) is 208 Å². The summed E-state index contributed by atoms with van der Waals surface area (Å²) in [5, 5.41) is -0.361. The number of nitrogens with zero attached hydrogens (tertiary/aromatic N) is 3. The van der Waals surface area contributed by atoms with Gasteiger partial charge in [-0.05, 0) is 174 Å². The molecule has 0 fully saturated rings. The zero-order valence-electron chi connectivity index (χ0n) is 74.8. The predicted molar refractivity (Wildman–Crippen MR) is 445 cm³/mol. The second-order valence-electron chi connectivity index (χ2n) is 30.1. The Labute approximate surface area is 653 Å². The third-order valence-corrected chi connectivity index (χ3v) is 23.8. The predicted octanol–water partition coefficient (Wildman–Crippen LogP) is 23.9. The Kier molecular flexibility index (Phi) is 9.50. The van der Waals surface area contributed by atoms with Crippen LogP contribution in [0.1, 0.15) is 92.8 Å². The number of ether oxygens (including phenoxy) is 3. The molecule has 0 unspecified atom stereocenters. The summed E-state index contributed by atoms with van der Waals surface area (Å²) < 4.78 is 175. The lowest BCUT2D eigenvalue weighted by atomic mass is 9.34. The first kappa shape index (κ1) is 47.1. The smallest absolute Gasteiger partial charge is 0.256 e. The van der Waals surface area contributed by atoms with Crippen molar-refractivity contribution in [2.24, 2.45) is 0 Å². The first-order valence-electron chi connectivity index (χ1n) is 44.7. The fourth-order valence-corrected chi connectivity index (χ4v) is 19.3. The van der Waals surface area contributed by atoms with Gasteiger partial charge in [-0.15, -0.1) is 0 Å². The summed E-state index contributed by atoms with van der Waals surface area (Å²) in [6.07, 6.45) is 0. The molecule has 0 saturated heterocycles. The molecule has 18 aromatic rings. The molecule has 2 aliphatic carbocycles. The summed E-state index contributed by atoms with van der Waals surface area (Å²) in [4.78, 5) is 2.27. The van der Waals surface area contributed by atoms with Crippen LogP contribution in [-0.2, 0) is 16.2 Å². The second-order valence-corrected chi connectivity index (χ2v) is 30.1. The van der Waals surface area contributed by atoms with Crippen LogP contribution in [0.15, 0.2) is 345 Å². The minimum atomic E-state index is -0.921. The largest absolute Gasteiger partial charge is 0.458 e. The normalized spacial score (nSPS) is 16.4. The lowest BCUT2D eigenvalue weighted by Gasteiger charge is -2.43. The maximum absolute atomic E-state index is 9.95. The number of rotatable bonds is 5. The molecule has 6 aliphatic rings. The molecule has 4 aliphatic heterocycles. The fourth-order valence-electron chi connectivity index (χ4n) is 19.3. The molecule has 510 valence electrons. The first-order valence-corrected chi connectivity index (χ1v) is 36.7. The number of hydrogen-bond donors (Lipinski definition) is 0. The molecule has 7 heteroatoms. The Bertz CT molecular complexity index is 7630. The molecule has 0 saturated carbocycles. The minimum Gasteiger partial charge on any atom is -0.458 e. The average molecular weight is 1410 g/mol. The van der Waals surface area contributed by atoms with E-state index in [1.807, 2.05) is 54.6 Å². The molecule has 0 N–H and O–H groups in total. The van der Waals surface area contributed by atoms with Gasteiger partial charge in [-0.1, -0.05) is 269 Å². The zero-order chi connectivity index (χ0) is 85.7. The van der Waals surface area contributed by atoms with Crippen LogP contribution >= 0.6 is 0 Å². The van der Waals surface area contributed by atoms with E-state index < -0.39 is 120 Å². The van der Waals surface area contributed by atoms with Crippen molar-refractivity contribution in [3.63, 3.8) is 0 Å². The Morgan fingerprint density at radius 1 is 0.312 bits per heavy atom. The molecule has 0 bridgehead atoms. The van der Waals surface area contributed by atoms with Gasteiger partial charge in [0.2, 0.25) is 0 Å². The minimum absolute atomic E-state index is 0.0690. The van der Waals surface area contributed by atoms with E-state index in [-0.39, 0.29) is 55.0 Å². The number of aromatic nitrogens is 2. The van der Waals surface area contributed by atoms with Gasteiger partial charge in [0.1, 0.15) is 34.5 Å². The zero-order valence-corrected chi connectivity index (χ0v) is 58.8. The lowest BCUT2D eigenvalue weighted by molar-refractivity contribution is 0.436. The van der Waals surface area contributed by atoms with E-state index in [1.165, 1.54) is 4.57 Å². The van der Waals surface area contributed by atoms with Crippen molar-refractivity contribution in [3.05, 3.63) is 395 Å². The highest BCUT2D eigenvalue weighted by Gasteiger charge is 2.54. The molecule has 0 radical (unpaired) electrons. The molecule has 16 aromatic carbocycles. The van der Waals surface area contributed by atoms with Gasteiger partial charge in [0.15, 0.2) is 0 Å². The summed E-state index contributed by atoms with van der Waals surface area (Å²) in [6, 6.07) is 77.2. The van der Waals surface area contributed by atoms with Crippen LogP contribution in [-0.4, -0.2) is 15.8 Å². The van der Waals surface area contributed by atoms with E-state index in [1.54, 1.807) is 16.7 Å². The van der Waals surface area contributed by atoms with E-state index in [0.717, 1.165) is 112 Å². The van der Waals surface area contributed by atoms with Crippen LogP contribution in [0.3, 0.4) is 0 Å². The molecule has 6 nitrogen and oxygen atoms in total. The Balaban J connectivity index is 0.839. The number of benzene rings is 16. The van der Waals surface area contributed by atoms with Gasteiger partial charge in [0.25, 0.3) is 6.71 Å². The van der Waals surface area contributed by atoms with Crippen molar-refractivity contribution in [1.29, 1.82) is 0 Å². The fraction of sp³-hybridized carbons (Fsp3) is 0.0588. The van der Waals surface area contributed by atoms with Crippen molar-refractivity contribution in [3.8, 4) is 90.4 Å².